The summed E-state index contributed by atoms with van der Waals surface area (Å²) < 4.78 is 10.5. The molecule has 0 aliphatic heterocycles. The number of hydrogen-bond acceptors (Lipinski definition) is 3. The molecule has 8 heavy (non-hydrogen) atoms. The molecule has 2 atom stereocenters. The van der Waals surface area contributed by atoms with E-state index < -0.39 is 21.7 Å². The molecule has 0 fully saturated rings. The molecule has 0 aromatic heterocycles. The number of aliphatic hydroxyl groups is 2. The fraction of sp³-hybridized carbons (Fsp3) is 1.00. The number of aliphatic hydroxyl groups excluding tert-OH is 2. The number of rotatable bonds is 2. The maximum atomic E-state index is 10.5. The molecule has 0 heterocycles. The molecule has 0 aliphatic carbocycles. The van der Waals surface area contributed by atoms with E-state index in [0.29, 0.717) is 0 Å². The summed E-state index contributed by atoms with van der Waals surface area (Å²) in [5.74, 6) is 0. The van der Waals surface area contributed by atoms with Crippen LogP contribution >= 0.6 is 0 Å². The highest BCUT2D eigenvalue weighted by molar-refractivity contribution is 7.85. The molecule has 0 spiro atoms. The Morgan fingerprint density at radius 2 is 1.50 bits per heavy atom. The smallest absolute Gasteiger partial charge is 0.128 e. The zero-order valence-electron chi connectivity index (χ0n) is 4.87. The highest BCUT2D eigenvalue weighted by atomic mass is 32.2. The van der Waals surface area contributed by atoms with Crippen molar-refractivity contribution >= 4 is 10.8 Å². The molecule has 4 heteroatoms. The zero-order valence-corrected chi connectivity index (χ0v) is 5.68. The third kappa shape index (κ3) is 2.40. The molecule has 50 valence electrons. The molecule has 2 N–H and O–H groups in total. The van der Waals surface area contributed by atoms with E-state index in [0.717, 1.165) is 0 Å². The van der Waals surface area contributed by atoms with Gasteiger partial charge in [0, 0.05) is 0 Å². The normalized spacial score (nSPS) is 22.0. The largest absolute Gasteiger partial charge is 0.380 e. The van der Waals surface area contributed by atoms with Gasteiger partial charge in [0.15, 0.2) is 0 Å². The Bertz CT molecular complexity index is 79.3. The van der Waals surface area contributed by atoms with Gasteiger partial charge >= 0.3 is 0 Å². The summed E-state index contributed by atoms with van der Waals surface area (Å²) in [6.07, 6.45) is 0. The minimum atomic E-state index is -1.51. The molecule has 0 saturated heterocycles. The molecule has 0 amide bonds. The second-order valence-corrected chi connectivity index (χ2v) is 3.55. The molecule has 0 aromatic rings. The lowest BCUT2D eigenvalue weighted by Crippen LogP contribution is -2.19. The lowest BCUT2D eigenvalue weighted by molar-refractivity contribution is 0.244. The first-order valence-electron chi connectivity index (χ1n) is 2.31. The minimum absolute atomic E-state index is 0.935. The van der Waals surface area contributed by atoms with E-state index in [2.05, 4.69) is 0 Å². The van der Waals surface area contributed by atoms with Crippen LogP contribution in [0.4, 0.5) is 0 Å². The van der Waals surface area contributed by atoms with Crippen molar-refractivity contribution in [1.29, 1.82) is 0 Å². The average Bonchev–Trinajstić information content (AvgIpc) is 1.64. The topological polar surface area (TPSA) is 57.5 Å². The molecular formula is C4H10O3S. The van der Waals surface area contributed by atoms with Gasteiger partial charge in [0.25, 0.3) is 0 Å². The van der Waals surface area contributed by atoms with Gasteiger partial charge in [0.2, 0.25) is 0 Å². The third-order valence-electron chi connectivity index (χ3n) is 0.672. The van der Waals surface area contributed by atoms with Crippen molar-refractivity contribution in [3.63, 3.8) is 0 Å². The molecular weight excluding hydrogens is 128 g/mol. The monoisotopic (exact) mass is 138 g/mol. The van der Waals surface area contributed by atoms with E-state index in [9.17, 15) is 4.21 Å². The van der Waals surface area contributed by atoms with Crippen LogP contribution in [0.15, 0.2) is 0 Å². The fourth-order valence-electron chi connectivity index (χ4n) is 0.285. The van der Waals surface area contributed by atoms with Crippen molar-refractivity contribution in [2.45, 2.75) is 24.7 Å². The van der Waals surface area contributed by atoms with Gasteiger partial charge < -0.3 is 10.2 Å². The Labute approximate surface area is 50.8 Å². The first kappa shape index (κ1) is 8.07. The van der Waals surface area contributed by atoms with Gasteiger partial charge in [-0.05, 0) is 13.8 Å². The molecule has 2 unspecified atom stereocenters. The Balaban J connectivity index is 3.65. The van der Waals surface area contributed by atoms with Crippen LogP contribution in [-0.4, -0.2) is 25.3 Å². The summed E-state index contributed by atoms with van der Waals surface area (Å²) in [7, 11) is -1.51. The van der Waals surface area contributed by atoms with Gasteiger partial charge in [-0.1, -0.05) is 0 Å². The van der Waals surface area contributed by atoms with Crippen molar-refractivity contribution in [3.8, 4) is 0 Å². The second-order valence-electron chi connectivity index (χ2n) is 1.53. The average molecular weight is 138 g/mol. The summed E-state index contributed by atoms with van der Waals surface area (Å²) in [5, 5.41) is 17.1. The lowest BCUT2D eigenvalue weighted by atomic mass is 10.9. The Kier molecular flexibility index (Phi) is 3.19. The predicted octanol–water partition coefficient (Wildman–Crippen LogP) is -0.588. The SMILES string of the molecule is CC(O)S(=O)C(C)O. The van der Waals surface area contributed by atoms with E-state index in [4.69, 9.17) is 10.2 Å². The third-order valence-corrected chi connectivity index (χ3v) is 2.02. The number of hydrogen-bond donors (Lipinski definition) is 2. The summed E-state index contributed by atoms with van der Waals surface area (Å²) in [4.78, 5) is 0. The van der Waals surface area contributed by atoms with Gasteiger partial charge in [0.05, 0.1) is 10.8 Å². The minimum Gasteiger partial charge on any atom is -0.380 e. The van der Waals surface area contributed by atoms with Crippen LogP contribution < -0.4 is 0 Å². The summed E-state index contributed by atoms with van der Waals surface area (Å²) in [6, 6.07) is 0. The van der Waals surface area contributed by atoms with Crippen LogP contribution in [-0.2, 0) is 10.8 Å². The first-order chi connectivity index (χ1) is 3.55. The van der Waals surface area contributed by atoms with Crippen LogP contribution in [0.25, 0.3) is 0 Å². The van der Waals surface area contributed by atoms with E-state index in [-0.39, 0.29) is 0 Å². The zero-order chi connectivity index (χ0) is 6.73. The van der Waals surface area contributed by atoms with Crippen LogP contribution in [0.3, 0.4) is 0 Å². The van der Waals surface area contributed by atoms with Crippen molar-refractivity contribution in [2.24, 2.45) is 0 Å². The molecule has 0 aliphatic rings. The molecule has 3 nitrogen and oxygen atoms in total. The van der Waals surface area contributed by atoms with E-state index in [1.165, 1.54) is 13.8 Å². The molecule has 0 rings (SSSR count). The molecule has 0 bridgehead atoms. The maximum absolute atomic E-state index is 10.5. The van der Waals surface area contributed by atoms with Crippen molar-refractivity contribution in [3.05, 3.63) is 0 Å². The summed E-state index contributed by atoms with van der Waals surface area (Å²) in [5.41, 5.74) is -1.87. The highest BCUT2D eigenvalue weighted by Gasteiger charge is 2.11. The van der Waals surface area contributed by atoms with Gasteiger partial charge in [0.1, 0.15) is 10.9 Å². The standard InChI is InChI=1S/C4H10O3S/c1-3(5)8(7)4(2)6/h3-6H,1-2H3. The lowest BCUT2D eigenvalue weighted by Gasteiger charge is -2.05. The van der Waals surface area contributed by atoms with Crippen LogP contribution in [0, 0.1) is 0 Å². The van der Waals surface area contributed by atoms with Crippen molar-refractivity contribution < 1.29 is 14.4 Å². The quantitative estimate of drug-likeness (QED) is 0.536. The van der Waals surface area contributed by atoms with Gasteiger partial charge in [-0.15, -0.1) is 0 Å². The molecule has 0 aromatic carbocycles. The Morgan fingerprint density at radius 3 is 1.50 bits per heavy atom. The highest BCUT2D eigenvalue weighted by Crippen LogP contribution is 1.95. The van der Waals surface area contributed by atoms with Crippen molar-refractivity contribution in [1.82, 2.24) is 0 Å². The first-order valence-corrected chi connectivity index (χ1v) is 3.59. The van der Waals surface area contributed by atoms with E-state index in [1.807, 2.05) is 0 Å². The second kappa shape index (κ2) is 3.17. The van der Waals surface area contributed by atoms with Crippen LogP contribution in [0.5, 0.6) is 0 Å². The van der Waals surface area contributed by atoms with E-state index in [1.54, 1.807) is 0 Å². The predicted molar refractivity (Wildman–Crippen MR) is 31.5 cm³/mol. The summed E-state index contributed by atoms with van der Waals surface area (Å²) in [6.45, 7) is 2.76. The molecule has 0 saturated carbocycles. The Hall–Kier alpha value is 0.0700. The van der Waals surface area contributed by atoms with Crippen LogP contribution in [0.1, 0.15) is 13.8 Å². The van der Waals surface area contributed by atoms with Gasteiger partial charge in [-0.2, -0.15) is 0 Å². The van der Waals surface area contributed by atoms with Gasteiger partial charge in [-0.25, -0.2) is 0 Å². The van der Waals surface area contributed by atoms with Crippen LogP contribution in [0.2, 0.25) is 0 Å². The van der Waals surface area contributed by atoms with Crippen molar-refractivity contribution in [2.75, 3.05) is 0 Å². The summed E-state index contributed by atoms with van der Waals surface area (Å²) >= 11 is 0. The fourth-order valence-corrected chi connectivity index (χ4v) is 0.855. The van der Waals surface area contributed by atoms with Gasteiger partial charge in [-0.3, -0.25) is 4.21 Å². The molecule has 0 radical (unpaired) electrons. The maximum Gasteiger partial charge on any atom is 0.128 e. The van der Waals surface area contributed by atoms with E-state index >= 15 is 0 Å². The Morgan fingerprint density at radius 1 is 1.25 bits per heavy atom.